The van der Waals surface area contributed by atoms with Gasteiger partial charge in [0.15, 0.2) is 0 Å². The zero-order valence-corrected chi connectivity index (χ0v) is 10.6. The number of nitrogens with two attached hydrogens (primary N) is 1. The second-order valence-corrected chi connectivity index (χ2v) is 6.18. The Balaban J connectivity index is 1.61. The number of hydrogen-bond acceptors (Lipinski definition) is 2. The second-order valence-electron chi connectivity index (χ2n) is 6.18. The molecule has 2 N–H and O–H groups in total. The van der Waals surface area contributed by atoms with Gasteiger partial charge in [-0.05, 0) is 63.3 Å². The van der Waals surface area contributed by atoms with Gasteiger partial charge in [0.2, 0.25) is 5.91 Å². The molecule has 3 nitrogen and oxygen atoms in total. The third kappa shape index (κ3) is 2.22. The highest BCUT2D eigenvalue weighted by Gasteiger charge is 2.49. The first kappa shape index (κ1) is 11.5. The van der Waals surface area contributed by atoms with Gasteiger partial charge in [-0.15, -0.1) is 0 Å². The molecule has 3 fully saturated rings. The smallest absolute Gasteiger partial charge is 0.225 e. The van der Waals surface area contributed by atoms with Crippen molar-refractivity contribution in [1.29, 1.82) is 0 Å². The first-order valence-electron chi connectivity index (χ1n) is 7.30. The van der Waals surface area contributed by atoms with Gasteiger partial charge in [-0.3, -0.25) is 4.79 Å². The second kappa shape index (κ2) is 4.60. The molecule has 3 atom stereocenters. The van der Waals surface area contributed by atoms with Crippen LogP contribution >= 0.6 is 0 Å². The van der Waals surface area contributed by atoms with Crippen molar-refractivity contribution in [1.82, 2.24) is 4.90 Å². The molecule has 0 radical (unpaired) electrons. The lowest BCUT2D eigenvalue weighted by atomic mass is 9.95. The normalized spacial score (nSPS) is 40.2. The van der Waals surface area contributed by atoms with Crippen LogP contribution in [0.25, 0.3) is 0 Å². The Hall–Kier alpha value is -0.570. The van der Waals surface area contributed by atoms with E-state index in [1.807, 2.05) is 0 Å². The van der Waals surface area contributed by atoms with Crippen LogP contribution in [0.3, 0.4) is 0 Å². The van der Waals surface area contributed by atoms with Gasteiger partial charge in [0.25, 0.3) is 0 Å². The number of fused-ring (bicyclic) bond motifs is 1. The summed E-state index contributed by atoms with van der Waals surface area (Å²) in [6.45, 7) is 1.69. The molecular formula is C14H24N2O. The van der Waals surface area contributed by atoms with Crippen molar-refractivity contribution in [2.75, 3.05) is 13.1 Å². The lowest BCUT2D eigenvalue weighted by Crippen LogP contribution is -2.47. The predicted octanol–water partition coefficient (Wildman–Crippen LogP) is 1.76. The highest BCUT2D eigenvalue weighted by atomic mass is 16.2. The minimum atomic E-state index is 0.358. The lowest BCUT2D eigenvalue weighted by molar-refractivity contribution is -0.139. The van der Waals surface area contributed by atoms with Crippen molar-refractivity contribution >= 4 is 5.91 Å². The highest BCUT2D eigenvalue weighted by Crippen LogP contribution is 2.54. The summed E-state index contributed by atoms with van der Waals surface area (Å²) in [5.41, 5.74) is 5.67. The molecule has 0 bridgehead atoms. The molecule has 1 heterocycles. The molecule has 96 valence electrons. The number of amides is 1. The Morgan fingerprint density at radius 2 is 1.94 bits per heavy atom. The summed E-state index contributed by atoms with van der Waals surface area (Å²) in [5.74, 6) is 2.62. The van der Waals surface area contributed by atoms with Gasteiger partial charge in [-0.2, -0.15) is 0 Å². The van der Waals surface area contributed by atoms with Gasteiger partial charge in [0.1, 0.15) is 0 Å². The molecule has 3 rings (SSSR count). The molecule has 2 aliphatic carbocycles. The fraction of sp³-hybridized carbons (Fsp3) is 0.929. The van der Waals surface area contributed by atoms with Crippen LogP contribution in [-0.2, 0) is 4.79 Å². The van der Waals surface area contributed by atoms with E-state index < -0.39 is 0 Å². The van der Waals surface area contributed by atoms with Gasteiger partial charge >= 0.3 is 0 Å². The first-order valence-corrected chi connectivity index (χ1v) is 7.30. The van der Waals surface area contributed by atoms with Gasteiger partial charge in [0.05, 0.1) is 0 Å². The van der Waals surface area contributed by atoms with Crippen LogP contribution in [0.2, 0.25) is 0 Å². The van der Waals surface area contributed by atoms with Crippen LogP contribution in [0, 0.1) is 17.8 Å². The van der Waals surface area contributed by atoms with Crippen molar-refractivity contribution in [3.8, 4) is 0 Å². The lowest BCUT2D eigenvalue weighted by Gasteiger charge is -2.37. The molecule has 3 unspecified atom stereocenters. The molecule has 1 saturated heterocycles. The molecule has 0 aromatic carbocycles. The number of carbonyl (C=O) groups excluding carboxylic acids is 1. The third-order valence-electron chi connectivity index (χ3n) is 5.00. The Morgan fingerprint density at radius 3 is 2.65 bits per heavy atom. The van der Waals surface area contributed by atoms with E-state index >= 15 is 0 Å². The SMILES string of the molecule is NCCC1CCCCN1C(=O)C1CC2CC2C1. The Bertz CT molecular complexity index is 293. The standard InChI is InChI=1S/C14H24N2O/c15-5-4-13-3-1-2-6-16(13)14(17)12-8-10-7-11(10)9-12/h10-13H,1-9,15H2. The summed E-state index contributed by atoms with van der Waals surface area (Å²) in [6.07, 6.45) is 8.37. The van der Waals surface area contributed by atoms with Gasteiger partial charge in [0, 0.05) is 18.5 Å². The third-order valence-corrected chi connectivity index (χ3v) is 5.00. The van der Waals surface area contributed by atoms with Crippen molar-refractivity contribution in [2.45, 2.75) is 51.0 Å². The molecule has 0 aromatic heterocycles. The minimum absolute atomic E-state index is 0.358. The quantitative estimate of drug-likeness (QED) is 0.811. The predicted molar refractivity (Wildman–Crippen MR) is 67.3 cm³/mol. The van der Waals surface area contributed by atoms with E-state index in [9.17, 15) is 4.79 Å². The van der Waals surface area contributed by atoms with Crippen LogP contribution in [0.4, 0.5) is 0 Å². The zero-order valence-electron chi connectivity index (χ0n) is 10.6. The van der Waals surface area contributed by atoms with E-state index in [2.05, 4.69) is 4.90 Å². The summed E-state index contributed by atoms with van der Waals surface area (Å²) in [7, 11) is 0. The molecule has 3 aliphatic rings. The maximum absolute atomic E-state index is 12.5. The molecular weight excluding hydrogens is 212 g/mol. The topological polar surface area (TPSA) is 46.3 Å². The van der Waals surface area contributed by atoms with Crippen molar-refractivity contribution in [3.63, 3.8) is 0 Å². The average Bonchev–Trinajstić information content (AvgIpc) is 2.96. The average molecular weight is 236 g/mol. The van der Waals surface area contributed by atoms with Crippen LogP contribution in [0.1, 0.15) is 44.9 Å². The number of carbonyl (C=O) groups is 1. The number of piperidine rings is 1. The summed E-state index contributed by atoms with van der Waals surface area (Å²) in [4.78, 5) is 14.7. The number of hydrogen-bond donors (Lipinski definition) is 1. The Kier molecular flexibility index (Phi) is 3.12. The van der Waals surface area contributed by atoms with E-state index in [4.69, 9.17) is 5.73 Å². The van der Waals surface area contributed by atoms with Crippen LogP contribution in [0.5, 0.6) is 0 Å². The monoisotopic (exact) mass is 236 g/mol. The summed E-state index contributed by atoms with van der Waals surface area (Å²) >= 11 is 0. The number of rotatable bonds is 3. The molecule has 17 heavy (non-hydrogen) atoms. The van der Waals surface area contributed by atoms with E-state index in [0.717, 1.165) is 24.8 Å². The van der Waals surface area contributed by atoms with Crippen molar-refractivity contribution in [2.24, 2.45) is 23.5 Å². The maximum atomic E-state index is 12.5. The van der Waals surface area contributed by atoms with Crippen molar-refractivity contribution in [3.05, 3.63) is 0 Å². The van der Waals surface area contributed by atoms with Crippen LogP contribution < -0.4 is 5.73 Å². The van der Waals surface area contributed by atoms with E-state index in [0.29, 0.717) is 24.4 Å². The molecule has 0 aromatic rings. The van der Waals surface area contributed by atoms with E-state index in [1.165, 1.54) is 38.5 Å². The fourth-order valence-electron chi connectivity index (χ4n) is 3.93. The molecule has 1 amide bonds. The summed E-state index contributed by atoms with van der Waals surface area (Å²) < 4.78 is 0. The number of likely N-dealkylation sites (tertiary alicyclic amines) is 1. The molecule has 1 aliphatic heterocycles. The highest BCUT2D eigenvalue weighted by molar-refractivity contribution is 5.79. The van der Waals surface area contributed by atoms with Crippen LogP contribution in [0.15, 0.2) is 0 Å². The van der Waals surface area contributed by atoms with Crippen molar-refractivity contribution < 1.29 is 4.79 Å². The molecule has 0 spiro atoms. The van der Waals surface area contributed by atoms with Crippen LogP contribution in [-0.4, -0.2) is 29.9 Å². The van der Waals surface area contributed by atoms with E-state index in [1.54, 1.807) is 0 Å². The zero-order chi connectivity index (χ0) is 11.8. The van der Waals surface area contributed by atoms with Gasteiger partial charge in [-0.25, -0.2) is 0 Å². The summed E-state index contributed by atoms with van der Waals surface area (Å²) in [6, 6.07) is 0.443. The largest absolute Gasteiger partial charge is 0.339 e. The van der Waals surface area contributed by atoms with Gasteiger partial charge < -0.3 is 10.6 Å². The Morgan fingerprint density at radius 1 is 1.18 bits per heavy atom. The Labute approximate surface area is 104 Å². The maximum Gasteiger partial charge on any atom is 0.225 e. The van der Waals surface area contributed by atoms with E-state index in [-0.39, 0.29) is 0 Å². The summed E-state index contributed by atoms with van der Waals surface area (Å²) in [5, 5.41) is 0. The molecule has 2 saturated carbocycles. The fourth-order valence-corrected chi connectivity index (χ4v) is 3.93. The minimum Gasteiger partial charge on any atom is -0.339 e. The number of nitrogens with zero attached hydrogens (tertiary/aromatic N) is 1. The van der Waals surface area contributed by atoms with Gasteiger partial charge in [-0.1, -0.05) is 0 Å². The first-order chi connectivity index (χ1) is 8.29. The molecule has 3 heteroatoms.